The Bertz CT molecular complexity index is 1410. The lowest BCUT2D eigenvalue weighted by atomic mass is 10.0. The fourth-order valence-electron chi connectivity index (χ4n) is 5.30. The van der Waals surface area contributed by atoms with Crippen LogP contribution in [0, 0.1) is 0 Å². The molecule has 4 aromatic rings. The van der Waals surface area contributed by atoms with Crippen molar-refractivity contribution in [2.75, 3.05) is 6.61 Å². The van der Waals surface area contributed by atoms with Crippen LogP contribution in [0.4, 0.5) is 0 Å². The second-order valence-corrected chi connectivity index (χ2v) is 11.0. The molecule has 1 atom stereocenters. The summed E-state index contributed by atoms with van der Waals surface area (Å²) in [5, 5.41) is 5.24. The van der Waals surface area contributed by atoms with Gasteiger partial charge >= 0.3 is 0 Å². The smallest absolute Gasteiger partial charge is 0.261 e. The van der Waals surface area contributed by atoms with Crippen LogP contribution >= 0.6 is 15.9 Å². The second kappa shape index (κ2) is 12.9. The second-order valence-electron chi connectivity index (χ2n) is 10.1. The van der Waals surface area contributed by atoms with Crippen molar-refractivity contribution in [3.63, 3.8) is 0 Å². The van der Waals surface area contributed by atoms with Crippen LogP contribution in [-0.4, -0.2) is 35.4 Å². The van der Waals surface area contributed by atoms with Gasteiger partial charge in [0, 0.05) is 28.9 Å². The summed E-state index contributed by atoms with van der Waals surface area (Å²) < 4.78 is 7.03. The number of nitrogens with one attached hydrogen (secondary N) is 1. The van der Waals surface area contributed by atoms with Gasteiger partial charge in [0.15, 0.2) is 6.61 Å². The number of nitrogens with zero attached hydrogens (tertiary/aromatic N) is 1. The summed E-state index contributed by atoms with van der Waals surface area (Å²) in [7, 11) is 0. The van der Waals surface area contributed by atoms with E-state index in [0.29, 0.717) is 18.7 Å². The van der Waals surface area contributed by atoms with Crippen molar-refractivity contribution < 1.29 is 14.3 Å². The first-order valence-corrected chi connectivity index (χ1v) is 14.3. The average Bonchev–Trinajstić information content (AvgIpc) is 3.47. The van der Waals surface area contributed by atoms with Crippen LogP contribution in [0.15, 0.2) is 102 Å². The van der Waals surface area contributed by atoms with Crippen molar-refractivity contribution in [3.8, 4) is 5.75 Å². The first-order valence-electron chi connectivity index (χ1n) is 13.6. The molecule has 0 saturated heterocycles. The molecule has 1 unspecified atom stereocenters. The van der Waals surface area contributed by atoms with Gasteiger partial charge in [-0.25, -0.2) is 0 Å². The Morgan fingerprint density at radius 3 is 2.36 bits per heavy atom. The predicted molar refractivity (Wildman–Crippen MR) is 158 cm³/mol. The molecule has 39 heavy (non-hydrogen) atoms. The van der Waals surface area contributed by atoms with E-state index in [1.807, 2.05) is 97.1 Å². The Morgan fingerprint density at radius 1 is 0.872 bits per heavy atom. The monoisotopic (exact) mass is 584 g/mol. The van der Waals surface area contributed by atoms with Gasteiger partial charge in [0.05, 0.1) is 0 Å². The van der Waals surface area contributed by atoms with E-state index in [4.69, 9.17) is 4.74 Å². The summed E-state index contributed by atoms with van der Waals surface area (Å²) in [6, 6.07) is 31.0. The Kier molecular flexibility index (Phi) is 8.94. The first-order chi connectivity index (χ1) is 19.1. The van der Waals surface area contributed by atoms with E-state index in [2.05, 4.69) is 21.2 Å². The van der Waals surface area contributed by atoms with Gasteiger partial charge < -0.3 is 15.0 Å². The van der Waals surface area contributed by atoms with E-state index >= 15 is 0 Å². The van der Waals surface area contributed by atoms with Gasteiger partial charge in [-0.1, -0.05) is 108 Å². The molecule has 1 aliphatic rings. The molecular weight excluding hydrogens is 552 g/mol. The van der Waals surface area contributed by atoms with Crippen LogP contribution in [0.1, 0.15) is 36.8 Å². The first kappa shape index (κ1) is 26.9. The van der Waals surface area contributed by atoms with E-state index in [-0.39, 0.29) is 24.5 Å². The Balaban J connectivity index is 1.44. The van der Waals surface area contributed by atoms with Crippen molar-refractivity contribution in [1.29, 1.82) is 0 Å². The topological polar surface area (TPSA) is 58.6 Å². The summed E-state index contributed by atoms with van der Waals surface area (Å²) >= 11 is 3.54. The summed E-state index contributed by atoms with van der Waals surface area (Å²) in [4.78, 5) is 29.4. The standard InChI is InChI=1S/C33H33BrN2O3/c34-27-15-8-12-25(20-27)22-36(32(37)23-39-31-19-9-14-26-13-4-7-18-29(26)31)30(21-24-10-2-1-3-11-24)33(38)35-28-16-5-6-17-28/h1-4,7-15,18-20,28,30H,5-6,16-17,21-23H2,(H,35,38). The van der Waals surface area contributed by atoms with Gasteiger partial charge in [0.2, 0.25) is 5.91 Å². The lowest BCUT2D eigenvalue weighted by Crippen LogP contribution is -2.53. The third kappa shape index (κ3) is 7.07. The molecule has 5 nitrogen and oxygen atoms in total. The molecule has 1 N–H and O–H groups in total. The minimum atomic E-state index is -0.671. The van der Waals surface area contributed by atoms with Gasteiger partial charge in [-0.3, -0.25) is 9.59 Å². The molecule has 2 amide bonds. The van der Waals surface area contributed by atoms with Gasteiger partial charge in [-0.2, -0.15) is 0 Å². The SMILES string of the molecule is O=C(NC1CCCC1)C(Cc1ccccc1)N(Cc1cccc(Br)c1)C(=O)COc1cccc2ccccc12. The molecule has 5 rings (SSSR count). The molecule has 200 valence electrons. The zero-order chi connectivity index (χ0) is 27.0. The maximum Gasteiger partial charge on any atom is 0.261 e. The number of amides is 2. The lowest BCUT2D eigenvalue weighted by molar-refractivity contribution is -0.143. The molecule has 4 aromatic carbocycles. The van der Waals surface area contributed by atoms with Gasteiger partial charge in [0.25, 0.3) is 5.91 Å². The highest BCUT2D eigenvalue weighted by atomic mass is 79.9. The number of hydrogen-bond acceptors (Lipinski definition) is 3. The van der Waals surface area contributed by atoms with E-state index < -0.39 is 6.04 Å². The number of hydrogen-bond donors (Lipinski definition) is 1. The van der Waals surface area contributed by atoms with E-state index in [1.165, 1.54) is 0 Å². The molecule has 1 fully saturated rings. The summed E-state index contributed by atoms with van der Waals surface area (Å²) in [5.41, 5.74) is 1.95. The maximum atomic E-state index is 13.9. The quantitative estimate of drug-likeness (QED) is 0.226. The fourth-order valence-corrected chi connectivity index (χ4v) is 5.74. The maximum absolute atomic E-state index is 13.9. The van der Waals surface area contributed by atoms with Crippen LogP contribution in [-0.2, 0) is 22.6 Å². The van der Waals surface area contributed by atoms with E-state index in [1.54, 1.807) is 4.90 Å². The van der Waals surface area contributed by atoms with E-state index in [0.717, 1.165) is 52.1 Å². The van der Waals surface area contributed by atoms with Crippen LogP contribution in [0.3, 0.4) is 0 Å². The van der Waals surface area contributed by atoms with Gasteiger partial charge in [-0.15, -0.1) is 0 Å². The third-order valence-corrected chi connectivity index (χ3v) is 7.81. The van der Waals surface area contributed by atoms with Crippen molar-refractivity contribution in [2.45, 2.75) is 50.7 Å². The van der Waals surface area contributed by atoms with Crippen molar-refractivity contribution in [2.24, 2.45) is 0 Å². The van der Waals surface area contributed by atoms with Crippen LogP contribution in [0.25, 0.3) is 10.8 Å². The number of fused-ring (bicyclic) bond motifs is 1. The van der Waals surface area contributed by atoms with Crippen LogP contribution in [0.2, 0.25) is 0 Å². The van der Waals surface area contributed by atoms with Crippen molar-refractivity contribution in [3.05, 3.63) is 113 Å². The molecule has 0 bridgehead atoms. The third-order valence-electron chi connectivity index (χ3n) is 7.32. The molecule has 1 saturated carbocycles. The molecular formula is C33H33BrN2O3. The molecule has 0 aromatic heterocycles. The summed E-state index contributed by atoms with van der Waals surface area (Å²) in [5.74, 6) is 0.309. The highest BCUT2D eigenvalue weighted by Crippen LogP contribution is 2.26. The van der Waals surface area contributed by atoms with Crippen LogP contribution < -0.4 is 10.1 Å². The van der Waals surface area contributed by atoms with Crippen LogP contribution in [0.5, 0.6) is 5.75 Å². The van der Waals surface area contributed by atoms with Gasteiger partial charge in [-0.05, 0) is 47.6 Å². The minimum absolute atomic E-state index is 0.112. The highest BCUT2D eigenvalue weighted by molar-refractivity contribution is 9.10. The zero-order valence-electron chi connectivity index (χ0n) is 21.9. The largest absolute Gasteiger partial charge is 0.483 e. The number of rotatable bonds is 10. The molecule has 1 aliphatic carbocycles. The normalized spacial score (nSPS) is 14.2. The summed E-state index contributed by atoms with van der Waals surface area (Å²) in [6.45, 7) is 0.136. The zero-order valence-corrected chi connectivity index (χ0v) is 23.5. The molecule has 0 radical (unpaired) electrons. The Hall–Kier alpha value is -3.64. The Labute approximate surface area is 238 Å². The summed E-state index contributed by atoms with van der Waals surface area (Å²) in [6.07, 6.45) is 4.62. The minimum Gasteiger partial charge on any atom is -0.483 e. The average molecular weight is 586 g/mol. The lowest BCUT2D eigenvalue weighted by Gasteiger charge is -2.32. The molecule has 0 aliphatic heterocycles. The number of ether oxygens (including phenoxy) is 1. The fraction of sp³-hybridized carbons (Fsp3) is 0.273. The van der Waals surface area contributed by atoms with Crippen molar-refractivity contribution >= 4 is 38.5 Å². The van der Waals surface area contributed by atoms with Crippen molar-refractivity contribution in [1.82, 2.24) is 10.2 Å². The number of halogens is 1. The number of benzene rings is 4. The molecule has 0 heterocycles. The molecule has 0 spiro atoms. The number of carbonyl (C=O) groups is 2. The highest BCUT2D eigenvalue weighted by Gasteiger charge is 2.32. The number of carbonyl (C=O) groups excluding carboxylic acids is 2. The van der Waals surface area contributed by atoms with E-state index in [9.17, 15) is 9.59 Å². The van der Waals surface area contributed by atoms with Gasteiger partial charge in [0.1, 0.15) is 11.8 Å². The predicted octanol–water partition coefficient (Wildman–Crippen LogP) is 6.68. The Morgan fingerprint density at radius 2 is 1.56 bits per heavy atom. The molecule has 6 heteroatoms.